The minimum atomic E-state index is -0.311. The maximum absolute atomic E-state index is 11.7. The molecule has 1 aliphatic carbocycles. The van der Waals surface area contributed by atoms with Gasteiger partial charge in [-0.25, -0.2) is 9.59 Å². The molecule has 0 saturated heterocycles. The van der Waals surface area contributed by atoms with E-state index in [1.807, 2.05) is 0 Å². The van der Waals surface area contributed by atoms with Crippen molar-refractivity contribution < 1.29 is 14.3 Å². The van der Waals surface area contributed by atoms with E-state index < -0.39 is 0 Å². The molecule has 1 aromatic rings. The number of rotatable bonds is 6. The first-order valence-electron chi connectivity index (χ1n) is 8.40. The first-order chi connectivity index (χ1) is 11.7. The van der Waals surface area contributed by atoms with Gasteiger partial charge in [0, 0.05) is 24.8 Å². The Kier molecular flexibility index (Phi) is 7.20. The predicted octanol–water partition coefficient (Wildman–Crippen LogP) is 2.45. The highest BCUT2D eigenvalue weighted by Gasteiger charge is 2.15. The topological polar surface area (TPSA) is 91.5 Å². The van der Waals surface area contributed by atoms with Crippen molar-refractivity contribution in [3.05, 3.63) is 24.3 Å². The van der Waals surface area contributed by atoms with E-state index >= 15 is 0 Å². The van der Waals surface area contributed by atoms with Crippen LogP contribution in [-0.2, 0) is 0 Å². The van der Waals surface area contributed by atoms with Crippen molar-refractivity contribution in [2.75, 3.05) is 25.5 Å². The van der Waals surface area contributed by atoms with Crippen LogP contribution in [0.3, 0.4) is 0 Å². The van der Waals surface area contributed by atoms with Crippen molar-refractivity contribution in [1.82, 2.24) is 16.0 Å². The number of benzene rings is 1. The fourth-order valence-corrected chi connectivity index (χ4v) is 2.69. The average molecular weight is 334 g/mol. The number of carbonyl (C=O) groups is 2. The van der Waals surface area contributed by atoms with Crippen molar-refractivity contribution in [3.63, 3.8) is 0 Å². The van der Waals surface area contributed by atoms with E-state index in [0.717, 1.165) is 18.6 Å². The maximum Gasteiger partial charge on any atom is 0.319 e. The van der Waals surface area contributed by atoms with Crippen LogP contribution in [0.1, 0.15) is 32.1 Å². The summed E-state index contributed by atoms with van der Waals surface area (Å²) in [5.41, 5.74) is 0.677. The highest BCUT2D eigenvalue weighted by molar-refractivity contribution is 5.89. The second-order valence-electron chi connectivity index (χ2n) is 5.84. The number of amides is 4. The second kappa shape index (κ2) is 9.64. The number of nitrogens with one attached hydrogen (secondary N) is 4. The molecule has 7 heteroatoms. The lowest BCUT2D eigenvalue weighted by atomic mass is 9.96. The standard InChI is InChI=1S/C17H26N4O3/c1-24-15-9-7-14(8-10-15)21-17(23)19-12-11-18-16(22)20-13-5-3-2-4-6-13/h7-10,13H,2-6,11-12H2,1H3,(H2,18,20,22)(H2,19,21,23). The Bertz CT molecular complexity index is 527. The number of ether oxygens (including phenoxy) is 1. The van der Waals surface area contributed by atoms with Crippen LogP contribution >= 0.6 is 0 Å². The van der Waals surface area contributed by atoms with Crippen molar-refractivity contribution in [2.45, 2.75) is 38.1 Å². The van der Waals surface area contributed by atoms with Gasteiger partial charge in [0.25, 0.3) is 0 Å². The predicted molar refractivity (Wildman–Crippen MR) is 93.4 cm³/mol. The van der Waals surface area contributed by atoms with E-state index in [-0.39, 0.29) is 18.1 Å². The van der Waals surface area contributed by atoms with Gasteiger partial charge < -0.3 is 26.0 Å². The van der Waals surface area contributed by atoms with E-state index in [2.05, 4.69) is 21.3 Å². The van der Waals surface area contributed by atoms with E-state index in [1.54, 1.807) is 31.4 Å². The molecule has 132 valence electrons. The summed E-state index contributed by atoms with van der Waals surface area (Å²) >= 11 is 0. The van der Waals surface area contributed by atoms with Gasteiger partial charge >= 0.3 is 12.1 Å². The molecule has 4 amide bonds. The normalized spacial score (nSPS) is 14.5. The highest BCUT2D eigenvalue weighted by atomic mass is 16.5. The summed E-state index contributed by atoms with van der Waals surface area (Å²) in [6, 6.07) is 6.86. The Morgan fingerprint density at radius 3 is 2.25 bits per heavy atom. The molecule has 7 nitrogen and oxygen atoms in total. The molecule has 1 saturated carbocycles. The zero-order valence-electron chi connectivity index (χ0n) is 14.1. The van der Waals surface area contributed by atoms with Gasteiger partial charge in [-0.1, -0.05) is 19.3 Å². The molecule has 24 heavy (non-hydrogen) atoms. The molecule has 0 aliphatic heterocycles. The number of carbonyl (C=O) groups excluding carboxylic acids is 2. The molecule has 0 spiro atoms. The van der Waals surface area contributed by atoms with E-state index in [4.69, 9.17) is 4.74 Å². The van der Waals surface area contributed by atoms with Crippen LogP contribution in [0, 0.1) is 0 Å². The van der Waals surface area contributed by atoms with Crippen LogP contribution in [0.15, 0.2) is 24.3 Å². The van der Waals surface area contributed by atoms with E-state index in [1.165, 1.54) is 19.3 Å². The minimum Gasteiger partial charge on any atom is -0.497 e. The number of anilines is 1. The monoisotopic (exact) mass is 334 g/mol. The molecule has 4 N–H and O–H groups in total. The first kappa shape index (κ1) is 17.9. The number of hydrogen-bond acceptors (Lipinski definition) is 3. The SMILES string of the molecule is COc1ccc(NC(=O)NCCNC(=O)NC2CCCCC2)cc1. The smallest absolute Gasteiger partial charge is 0.319 e. The summed E-state index contributed by atoms with van der Waals surface area (Å²) in [4.78, 5) is 23.5. The van der Waals surface area contributed by atoms with Gasteiger partial charge in [0.1, 0.15) is 5.75 Å². The third-order valence-electron chi connectivity index (χ3n) is 3.98. The van der Waals surface area contributed by atoms with Crippen LogP contribution in [0.2, 0.25) is 0 Å². The second-order valence-corrected chi connectivity index (χ2v) is 5.84. The molecule has 1 fully saturated rings. The Labute approximate surface area is 142 Å². The molecule has 0 atom stereocenters. The minimum absolute atomic E-state index is 0.167. The highest BCUT2D eigenvalue weighted by Crippen LogP contribution is 2.17. The van der Waals surface area contributed by atoms with Gasteiger partial charge in [-0.3, -0.25) is 0 Å². The quantitative estimate of drug-likeness (QED) is 0.602. The van der Waals surface area contributed by atoms with Crippen molar-refractivity contribution in [3.8, 4) is 5.75 Å². The summed E-state index contributed by atoms with van der Waals surface area (Å²) < 4.78 is 5.06. The molecular weight excluding hydrogens is 308 g/mol. The zero-order valence-corrected chi connectivity index (χ0v) is 14.1. The third kappa shape index (κ3) is 6.36. The van der Waals surface area contributed by atoms with Crippen LogP contribution in [0.25, 0.3) is 0 Å². The van der Waals surface area contributed by atoms with Crippen molar-refractivity contribution in [1.29, 1.82) is 0 Å². The first-order valence-corrected chi connectivity index (χ1v) is 8.40. The van der Waals surface area contributed by atoms with E-state index in [9.17, 15) is 9.59 Å². The Hall–Kier alpha value is -2.44. The Balaban J connectivity index is 1.57. The van der Waals surface area contributed by atoms with Crippen molar-refractivity contribution >= 4 is 17.7 Å². The van der Waals surface area contributed by atoms with Crippen molar-refractivity contribution in [2.24, 2.45) is 0 Å². The zero-order chi connectivity index (χ0) is 17.2. The molecular formula is C17H26N4O3. The fraction of sp³-hybridized carbons (Fsp3) is 0.529. The lowest BCUT2D eigenvalue weighted by Gasteiger charge is -2.22. The molecule has 2 rings (SSSR count). The van der Waals surface area contributed by atoms with Crippen LogP contribution in [0.4, 0.5) is 15.3 Å². The van der Waals surface area contributed by atoms with Gasteiger partial charge in [0.05, 0.1) is 7.11 Å². The Morgan fingerprint density at radius 2 is 1.62 bits per heavy atom. The Morgan fingerprint density at radius 1 is 1.00 bits per heavy atom. The molecule has 1 aliphatic rings. The van der Waals surface area contributed by atoms with Gasteiger partial charge in [-0.2, -0.15) is 0 Å². The van der Waals surface area contributed by atoms with Gasteiger partial charge in [0.15, 0.2) is 0 Å². The number of urea groups is 2. The third-order valence-corrected chi connectivity index (χ3v) is 3.98. The summed E-state index contributed by atoms with van der Waals surface area (Å²) in [5.74, 6) is 0.731. The summed E-state index contributed by atoms with van der Waals surface area (Å²) in [5, 5.41) is 11.1. The largest absolute Gasteiger partial charge is 0.497 e. The summed E-state index contributed by atoms with van der Waals surface area (Å²) in [6.45, 7) is 0.745. The van der Waals surface area contributed by atoms with Gasteiger partial charge in [-0.05, 0) is 37.1 Å². The lowest BCUT2D eigenvalue weighted by molar-refractivity contribution is 0.232. The number of hydrogen-bond donors (Lipinski definition) is 4. The lowest BCUT2D eigenvalue weighted by Crippen LogP contribution is -2.45. The molecule has 0 heterocycles. The van der Waals surface area contributed by atoms with E-state index in [0.29, 0.717) is 18.8 Å². The van der Waals surface area contributed by atoms with Gasteiger partial charge in [0.2, 0.25) is 0 Å². The molecule has 0 aromatic heterocycles. The van der Waals surface area contributed by atoms with Crippen LogP contribution < -0.4 is 26.0 Å². The summed E-state index contributed by atoms with van der Waals surface area (Å²) in [6.07, 6.45) is 5.72. The molecule has 0 unspecified atom stereocenters. The number of methoxy groups -OCH3 is 1. The molecule has 1 aromatic carbocycles. The summed E-state index contributed by atoms with van der Waals surface area (Å²) in [7, 11) is 1.59. The molecule has 0 radical (unpaired) electrons. The van der Waals surface area contributed by atoms with Gasteiger partial charge in [-0.15, -0.1) is 0 Å². The van der Waals surface area contributed by atoms with Crippen LogP contribution in [0.5, 0.6) is 5.75 Å². The fourth-order valence-electron chi connectivity index (χ4n) is 2.69. The van der Waals surface area contributed by atoms with Crippen LogP contribution in [-0.4, -0.2) is 38.3 Å². The average Bonchev–Trinajstić information content (AvgIpc) is 2.60. The maximum atomic E-state index is 11.7. The molecule has 0 bridgehead atoms.